The molecular weight excluding hydrogens is 435 g/mol. The summed E-state index contributed by atoms with van der Waals surface area (Å²) in [6, 6.07) is 12.4. The van der Waals surface area contributed by atoms with Gasteiger partial charge in [0.15, 0.2) is 0 Å². The number of hydrogen-bond donors (Lipinski definition) is 1. The molecule has 1 aliphatic rings. The van der Waals surface area contributed by atoms with Crippen molar-refractivity contribution in [1.29, 1.82) is 0 Å². The van der Waals surface area contributed by atoms with Gasteiger partial charge in [-0.3, -0.25) is 4.79 Å². The van der Waals surface area contributed by atoms with E-state index in [1.54, 1.807) is 0 Å². The van der Waals surface area contributed by atoms with E-state index in [9.17, 15) is 17.6 Å². The first-order valence-electron chi connectivity index (χ1n) is 10.3. The molecule has 8 nitrogen and oxygen atoms in total. The molecule has 1 aromatic heterocycles. The van der Waals surface area contributed by atoms with Gasteiger partial charge in [0, 0.05) is 24.6 Å². The lowest BCUT2D eigenvalue weighted by Crippen LogP contribution is -2.42. The van der Waals surface area contributed by atoms with Crippen LogP contribution in [0.15, 0.2) is 57.9 Å². The maximum atomic E-state index is 13.1. The molecule has 0 spiro atoms. The summed E-state index contributed by atoms with van der Waals surface area (Å²) >= 11 is 0. The maximum absolute atomic E-state index is 13.1. The Morgan fingerprint density at radius 1 is 1.16 bits per heavy atom. The fourth-order valence-electron chi connectivity index (χ4n) is 3.68. The number of piperidine rings is 1. The number of aryl methyl sites for hydroxylation is 1. The number of rotatable bonds is 6. The van der Waals surface area contributed by atoms with Crippen LogP contribution in [0.5, 0.6) is 0 Å². The quantitative estimate of drug-likeness (QED) is 0.609. The molecule has 0 bridgehead atoms. The van der Waals surface area contributed by atoms with Crippen LogP contribution < -0.4 is 5.32 Å². The molecular formula is C22H23FN4O4S. The van der Waals surface area contributed by atoms with E-state index in [-0.39, 0.29) is 36.4 Å². The van der Waals surface area contributed by atoms with Crippen LogP contribution in [0.1, 0.15) is 24.3 Å². The Labute approximate surface area is 185 Å². The Hall–Kier alpha value is -3.11. The van der Waals surface area contributed by atoms with Gasteiger partial charge in [0.2, 0.25) is 27.6 Å². The van der Waals surface area contributed by atoms with Gasteiger partial charge in [0.05, 0.1) is 11.4 Å². The van der Waals surface area contributed by atoms with Crippen molar-refractivity contribution >= 4 is 15.9 Å². The summed E-state index contributed by atoms with van der Waals surface area (Å²) in [5, 5.41) is 6.77. The Morgan fingerprint density at radius 2 is 1.84 bits per heavy atom. The summed E-state index contributed by atoms with van der Waals surface area (Å²) in [4.78, 5) is 16.9. The van der Waals surface area contributed by atoms with Crippen LogP contribution in [-0.4, -0.2) is 41.9 Å². The van der Waals surface area contributed by atoms with Crippen molar-refractivity contribution in [2.24, 2.45) is 5.92 Å². The van der Waals surface area contributed by atoms with Crippen molar-refractivity contribution < 1.29 is 22.1 Å². The number of nitrogens with zero attached hydrogens (tertiary/aromatic N) is 3. The van der Waals surface area contributed by atoms with E-state index >= 15 is 0 Å². The van der Waals surface area contributed by atoms with Crippen LogP contribution >= 0.6 is 0 Å². The Balaban J connectivity index is 1.31. The second kappa shape index (κ2) is 9.17. The minimum atomic E-state index is -3.71. The van der Waals surface area contributed by atoms with Crippen molar-refractivity contribution in [3.63, 3.8) is 0 Å². The van der Waals surface area contributed by atoms with Crippen molar-refractivity contribution in [2.75, 3.05) is 13.1 Å². The van der Waals surface area contributed by atoms with E-state index in [4.69, 9.17) is 4.52 Å². The van der Waals surface area contributed by atoms with Gasteiger partial charge >= 0.3 is 0 Å². The molecule has 1 aliphatic heterocycles. The molecule has 0 radical (unpaired) electrons. The smallest absolute Gasteiger partial charge is 0.246 e. The number of carbonyl (C=O) groups excluding carboxylic acids is 1. The first kappa shape index (κ1) is 22.1. The van der Waals surface area contributed by atoms with E-state index in [0.717, 1.165) is 23.3 Å². The molecule has 32 heavy (non-hydrogen) atoms. The number of amides is 1. The molecule has 2 heterocycles. The van der Waals surface area contributed by atoms with Gasteiger partial charge in [-0.1, -0.05) is 29.4 Å². The number of benzene rings is 2. The number of aromatic nitrogens is 2. The molecule has 1 N–H and O–H groups in total. The van der Waals surface area contributed by atoms with Crippen LogP contribution in [0.4, 0.5) is 4.39 Å². The van der Waals surface area contributed by atoms with Gasteiger partial charge in [0.1, 0.15) is 5.82 Å². The molecule has 10 heteroatoms. The predicted molar refractivity (Wildman–Crippen MR) is 114 cm³/mol. The average molecular weight is 459 g/mol. The van der Waals surface area contributed by atoms with E-state index in [2.05, 4.69) is 15.5 Å². The molecule has 0 saturated carbocycles. The summed E-state index contributed by atoms with van der Waals surface area (Å²) < 4.78 is 45.1. The van der Waals surface area contributed by atoms with Gasteiger partial charge < -0.3 is 9.84 Å². The number of nitrogens with one attached hydrogen (secondary N) is 1. The molecule has 4 rings (SSSR count). The largest absolute Gasteiger partial charge is 0.347 e. The second-order valence-electron chi connectivity index (χ2n) is 7.68. The van der Waals surface area contributed by atoms with Crippen LogP contribution in [0, 0.1) is 18.7 Å². The molecule has 1 amide bonds. The lowest BCUT2D eigenvalue weighted by Gasteiger charge is -2.30. The van der Waals surface area contributed by atoms with Crippen LogP contribution in [0.25, 0.3) is 11.4 Å². The molecule has 3 aromatic rings. The molecule has 0 atom stereocenters. The average Bonchev–Trinajstić information content (AvgIpc) is 3.27. The standard InChI is InChI=1S/C22H23FN4O4S/c1-15-4-2-3-5-19(15)21-25-20(31-26-21)14-24-22(28)16-10-12-27(13-11-16)32(29,30)18-8-6-17(23)7-9-18/h2-9,16H,10-14H2,1H3,(H,24,28). The van der Waals surface area contributed by atoms with Gasteiger partial charge in [-0.2, -0.15) is 9.29 Å². The first-order chi connectivity index (χ1) is 15.3. The molecule has 168 valence electrons. The fraction of sp³-hybridized carbons (Fsp3) is 0.318. The highest BCUT2D eigenvalue weighted by molar-refractivity contribution is 7.89. The highest BCUT2D eigenvalue weighted by Gasteiger charge is 2.32. The zero-order chi connectivity index (χ0) is 22.7. The number of sulfonamides is 1. The van der Waals surface area contributed by atoms with E-state index in [0.29, 0.717) is 24.6 Å². The number of halogens is 1. The summed E-state index contributed by atoms with van der Waals surface area (Å²) in [5.41, 5.74) is 1.88. The molecule has 0 aliphatic carbocycles. The van der Waals surface area contributed by atoms with Gasteiger partial charge in [-0.25, -0.2) is 12.8 Å². The number of carbonyl (C=O) groups is 1. The normalized spacial score (nSPS) is 15.6. The molecule has 0 unspecified atom stereocenters. The van der Waals surface area contributed by atoms with Crippen molar-refractivity contribution in [1.82, 2.24) is 19.8 Å². The van der Waals surface area contributed by atoms with Crippen molar-refractivity contribution in [3.05, 3.63) is 65.8 Å². The second-order valence-corrected chi connectivity index (χ2v) is 9.61. The zero-order valence-corrected chi connectivity index (χ0v) is 18.3. The maximum Gasteiger partial charge on any atom is 0.246 e. The van der Waals surface area contributed by atoms with E-state index in [1.165, 1.54) is 16.4 Å². The van der Waals surface area contributed by atoms with Crippen LogP contribution in [0.3, 0.4) is 0 Å². The summed E-state index contributed by atoms with van der Waals surface area (Å²) in [6.45, 7) is 2.49. The summed E-state index contributed by atoms with van der Waals surface area (Å²) in [6.07, 6.45) is 0.787. The van der Waals surface area contributed by atoms with E-state index in [1.807, 2.05) is 31.2 Å². The van der Waals surface area contributed by atoms with Crippen molar-refractivity contribution in [3.8, 4) is 11.4 Å². The molecule has 2 aromatic carbocycles. The third-order valence-corrected chi connectivity index (χ3v) is 7.46. The lowest BCUT2D eigenvalue weighted by atomic mass is 9.97. The summed E-state index contributed by atoms with van der Waals surface area (Å²) in [5.74, 6) is -0.223. The van der Waals surface area contributed by atoms with Gasteiger partial charge in [0.25, 0.3) is 0 Å². The summed E-state index contributed by atoms with van der Waals surface area (Å²) in [7, 11) is -3.71. The van der Waals surface area contributed by atoms with Gasteiger partial charge in [-0.15, -0.1) is 0 Å². The lowest BCUT2D eigenvalue weighted by molar-refractivity contribution is -0.126. The highest BCUT2D eigenvalue weighted by Crippen LogP contribution is 2.24. The van der Waals surface area contributed by atoms with E-state index < -0.39 is 15.8 Å². The first-order valence-corrected chi connectivity index (χ1v) is 11.7. The van der Waals surface area contributed by atoms with Crippen molar-refractivity contribution in [2.45, 2.75) is 31.2 Å². The minimum Gasteiger partial charge on any atom is -0.347 e. The molecule has 1 fully saturated rings. The number of hydrogen-bond acceptors (Lipinski definition) is 6. The predicted octanol–water partition coefficient (Wildman–Crippen LogP) is 2.90. The fourth-order valence-corrected chi connectivity index (χ4v) is 5.15. The monoisotopic (exact) mass is 458 g/mol. The third-order valence-electron chi connectivity index (χ3n) is 5.54. The van der Waals surface area contributed by atoms with Gasteiger partial charge in [-0.05, 0) is 49.6 Å². The van der Waals surface area contributed by atoms with Crippen LogP contribution in [-0.2, 0) is 21.4 Å². The minimum absolute atomic E-state index is 0.0441. The topological polar surface area (TPSA) is 105 Å². The molecule has 1 saturated heterocycles. The SMILES string of the molecule is Cc1ccccc1-c1noc(CNC(=O)C2CCN(S(=O)(=O)c3ccc(F)cc3)CC2)n1. The zero-order valence-electron chi connectivity index (χ0n) is 17.5. The Kier molecular flexibility index (Phi) is 6.33. The Morgan fingerprint density at radius 3 is 2.53 bits per heavy atom. The van der Waals surface area contributed by atoms with Crippen LogP contribution in [0.2, 0.25) is 0 Å². The third kappa shape index (κ3) is 4.71. The Bertz CT molecular complexity index is 1200. The highest BCUT2D eigenvalue weighted by atomic mass is 32.2.